The molecule has 2 aromatic carbocycles. The third-order valence-electron chi connectivity index (χ3n) is 4.68. The number of aromatic nitrogens is 1. The number of rotatable bonds is 5. The molecule has 0 saturated carbocycles. The molecule has 6 heteroatoms. The molecule has 1 N–H and O–H groups in total. The van der Waals surface area contributed by atoms with Gasteiger partial charge in [0, 0.05) is 29.3 Å². The van der Waals surface area contributed by atoms with Gasteiger partial charge < -0.3 is 10.2 Å². The summed E-state index contributed by atoms with van der Waals surface area (Å²) in [5, 5.41) is 6.88. The summed E-state index contributed by atoms with van der Waals surface area (Å²) in [6, 6.07) is 19.8. The standard InChI is InChI=1S/C23H19N3O3/c1-26-13-5-8-18(15-26)20-14-21(29-25-20)23(28)24-19-11-9-17(10-12-19)22(27)16-6-3-2-4-7-16/h2-13,15,21H,14H2,1H3/p+1. The number of carbonyl (C=O) groups excluding carboxylic acids is 2. The number of anilines is 1. The molecule has 0 aliphatic carbocycles. The zero-order valence-electron chi connectivity index (χ0n) is 15.9. The van der Waals surface area contributed by atoms with E-state index in [1.54, 1.807) is 36.4 Å². The van der Waals surface area contributed by atoms with E-state index in [0.717, 1.165) is 11.3 Å². The Labute approximate surface area is 168 Å². The van der Waals surface area contributed by atoms with Crippen LogP contribution in [0.4, 0.5) is 5.69 Å². The maximum absolute atomic E-state index is 12.5. The van der Waals surface area contributed by atoms with E-state index < -0.39 is 6.10 Å². The summed E-state index contributed by atoms with van der Waals surface area (Å²) in [4.78, 5) is 30.3. The summed E-state index contributed by atoms with van der Waals surface area (Å²) in [5.41, 5.74) is 3.46. The van der Waals surface area contributed by atoms with Crippen LogP contribution < -0.4 is 9.88 Å². The molecule has 1 aliphatic heterocycles. The number of nitrogens with zero attached hydrogens (tertiary/aromatic N) is 2. The van der Waals surface area contributed by atoms with E-state index in [0.29, 0.717) is 23.2 Å². The summed E-state index contributed by atoms with van der Waals surface area (Å²) >= 11 is 0. The van der Waals surface area contributed by atoms with E-state index in [1.165, 1.54) is 0 Å². The lowest BCUT2D eigenvalue weighted by molar-refractivity contribution is -0.671. The van der Waals surface area contributed by atoms with E-state index in [4.69, 9.17) is 4.84 Å². The largest absolute Gasteiger partial charge is 0.382 e. The summed E-state index contributed by atoms with van der Waals surface area (Å²) in [6.07, 6.45) is 3.59. The highest BCUT2D eigenvalue weighted by Crippen LogP contribution is 2.19. The molecule has 1 atom stereocenters. The Balaban J connectivity index is 1.37. The molecule has 1 aliphatic rings. The van der Waals surface area contributed by atoms with Crippen LogP contribution in [0.5, 0.6) is 0 Å². The number of amides is 1. The van der Waals surface area contributed by atoms with E-state index in [9.17, 15) is 9.59 Å². The van der Waals surface area contributed by atoms with Gasteiger partial charge in [-0.3, -0.25) is 9.59 Å². The lowest BCUT2D eigenvalue weighted by atomic mass is 10.0. The average Bonchev–Trinajstić information content (AvgIpc) is 3.25. The maximum Gasteiger partial charge on any atom is 0.268 e. The molecule has 0 saturated heterocycles. The van der Waals surface area contributed by atoms with E-state index in [1.807, 2.05) is 54.3 Å². The highest BCUT2D eigenvalue weighted by molar-refractivity contribution is 6.09. The van der Waals surface area contributed by atoms with Crippen LogP contribution in [0.2, 0.25) is 0 Å². The highest BCUT2D eigenvalue weighted by Gasteiger charge is 2.29. The van der Waals surface area contributed by atoms with Crippen molar-refractivity contribution in [2.24, 2.45) is 12.2 Å². The molecular formula is C23H20N3O3+. The Morgan fingerprint density at radius 1 is 1.00 bits per heavy atom. The number of aryl methyl sites for hydroxylation is 1. The zero-order valence-corrected chi connectivity index (χ0v) is 15.9. The Hall–Kier alpha value is -3.80. The van der Waals surface area contributed by atoms with E-state index >= 15 is 0 Å². The number of hydrogen-bond acceptors (Lipinski definition) is 4. The lowest BCUT2D eigenvalue weighted by Gasteiger charge is -2.10. The molecule has 1 amide bonds. The van der Waals surface area contributed by atoms with Crippen LogP contribution in [0.25, 0.3) is 0 Å². The molecule has 6 nitrogen and oxygen atoms in total. The average molecular weight is 386 g/mol. The first kappa shape index (κ1) is 18.6. The van der Waals surface area contributed by atoms with Crippen LogP contribution >= 0.6 is 0 Å². The third-order valence-corrected chi connectivity index (χ3v) is 4.68. The van der Waals surface area contributed by atoms with Gasteiger partial charge in [0.15, 0.2) is 18.2 Å². The molecule has 0 fully saturated rings. The Kier molecular flexibility index (Phi) is 5.16. The van der Waals surface area contributed by atoms with Gasteiger partial charge in [-0.1, -0.05) is 35.5 Å². The van der Waals surface area contributed by atoms with Gasteiger partial charge in [-0.2, -0.15) is 0 Å². The number of benzene rings is 2. The molecular weight excluding hydrogens is 366 g/mol. The van der Waals surface area contributed by atoms with Crippen LogP contribution in [-0.4, -0.2) is 23.5 Å². The second-order valence-corrected chi connectivity index (χ2v) is 6.86. The first-order valence-corrected chi connectivity index (χ1v) is 9.29. The van der Waals surface area contributed by atoms with Crippen molar-refractivity contribution >= 4 is 23.1 Å². The first-order valence-electron chi connectivity index (χ1n) is 9.29. The zero-order chi connectivity index (χ0) is 20.2. The van der Waals surface area contributed by atoms with Crippen molar-refractivity contribution in [3.63, 3.8) is 0 Å². The van der Waals surface area contributed by atoms with Gasteiger partial charge in [0.2, 0.25) is 6.10 Å². The van der Waals surface area contributed by atoms with Crippen LogP contribution in [0, 0.1) is 0 Å². The van der Waals surface area contributed by atoms with E-state index in [-0.39, 0.29) is 11.7 Å². The van der Waals surface area contributed by atoms with Gasteiger partial charge in [0.1, 0.15) is 7.05 Å². The summed E-state index contributed by atoms with van der Waals surface area (Å²) in [6.45, 7) is 0. The number of nitrogens with one attached hydrogen (secondary N) is 1. The number of oxime groups is 1. The molecule has 1 unspecified atom stereocenters. The van der Waals surface area contributed by atoms with Crippen LogP contribution in [0.3, 0.4) is 0 Å². The van der Waals surface area contributed by atoms with Crippen LogP contribution in [0.15, 0.2) is 84.3 Å². The lowest BCUT2D eigenvalue weighted by Crippen LogP contribution is -2.29. The molecule has 2 heterocycles. The van der Waals surface area contributed by atoms with Crippen molar-refractivity contribution in [3.05, 3.63) is 95.8 Å². The highest BCUT2D eigenvalue weighted by atomic mass is 16.6. The molecule has 1 aromatic heterocycles. The predicted octanol–water partition coefficient (Wildman–Crippen LogP) is 2.87. The van der Waals surface area contributed by atoms with E-state index in [2.05, 4.69) is 10.5 Å². The van der Waals surface area contributed by atoms with Crippen LogP contribution in [0.1, 0.15) is 27.9 Å². The van der Waals surface area contributed by atoms with Gasteiger partial charge >= 0.3 is 0 Å². The minimum atomic E-state index is -0.680. The van der Waals surface area contributed by atoms with Gasteiger partial charge in [0.05, 0.1) is 11.3 Å². The summed E-state index contributed by atoms with van der Waals surface area (Å²) in [7, 11) is 1.93. The molecule has 144 valence electrons. The van der Waals surface area contributed by atoms with Gasteiger partial charge in [-0.15, -0.1) is 0 Å². The summed E-state index contributed by atoms with van der Waals surface area (Å²) in [5.74, 6) is -0.331. The van der Waals surface area contributed by atoms with Crippen molar-refractivity contribution in [1.29, 1.82) is 0 Å². The quantitative estimate of drug-likeness (QED) is 0.541. The smallest absolute Gasteiger partial charge is 0.268 e. The van der Waals surface area contributed by atoms with Crippen molar-refractivity contribution in [2.45, 2.75) is 12.5 Å². The first-order chi connectivity index (χ1) is 14.1. The second-order valence-electron chi connectivity index (χ2n) is 6.86. The minimum absolute atomic E-state index is 0.0586. The Morgan fingerprint density at radius 3 is 2.45 bits per heavy atom. The molecule has 4 rings (SSSR count). The Bertz CT molecular complexity index is 1080. The molecule has 0 bridgehead atoms. The summed E-state index contributed by atoms with van der Waals surface area (Å²) < 4.78 is 1.92. The predicted molar refractivity (Wildman–Crippen MR) is 109 cm³/mol. The molecule has 29 heavy (non-hydrogen) atoms. The van der Waals surface area contributed by atoms with Gasteiger partial charge in [-0.05, 0) is 30.3 Å². The van der Waals surface area contributed by atoms with Gasteiger partial charge in [-0.25, -0.2) is 4.57 Å². The number of pyridine rings is 1. The minimum Gasteiger partial charge on any atom is -0.382 e. The number of hydrogen-bond donors (Lipinski definition) is 1. The molecule has 0 radical (unpaired) electrons. The number of ketones is 1. The van der Waals surface area contributed by atoms with Crippen LogP contribution in [-0.2, 0) is 16.7 Å². The van der Waals surface area contributed by atoms with Crippen molar-refractivity contribution in [1.82, 2.24) is 0 Å². The fraction of sp³-hybridized carbons (Fsp3) is 0.130. The van der Waals surface area contributed by atoms with Gasteiger partial charge in [0.25, 0.3) is 5.91 Å². The fourth-order valence-corrected chi connectivity index (χ4v) is 3.13. The monoisotopic (exact) mass is 386 g/mol. The fourth-order valence-electron chi connectivity index (χ4n) is 3.13. The van der Waals surface area contributed by atoms with Crippen molar-refractivity contribution in [3.8, 4) is 0 Å². The third kappa shape index (κ3) is 4.21. The maximum atomic E-state index is 12.5. The second kappa shape index (κ2) is 8.06. The topological polar surface area (TPSA) is 71.6 Å². The molecule has 3 aromatic rings. The van der Waals surface area contributed by atoms with Crippen molar-refractivity contribution < 1.29 is 19.0 Å². The number of carbonyl (C=O) groups is 2. The van der Waals surface area contributed by atoms with Crippen molar-refractivity contribution in [2.75, 3.05) is 5.32 Å². The SMILES string of the molecule is C[n+]1cccc(C2=NOC(C(=O)Nc3ccc(C(=O)c4ccccc4)cc3)C2)c1. The Morgan fingerprint density at radius 2 is 1.72 bits per heavy atom. The molecule has 0 spiro atoms. The normalized spacial score (nSPS) is 15.3.